The number of hydrogen-bond donors (Lipinski definition) is 1. The second-order valence-corrected chi connectivity index (χ2v) is 6.29. The molecule has 7 heteroatoms. The quantitative estimate of drug-likeness (QED) is 0.780. The topological polar surface area (TPSA) is 66.8 Å². The van der Waals surface area contributed by atoms with E-state index >= 15 is 0 Å². The number of nitrogens with zero attached hydrogens (tertiary/aromatic N) is 3. The van der Waals surface area contributed by atoms with E-state index in [2.05, 4.69) is 36.1 Å². The van der Waals surface area contributed by atoms with Crippen LogP contribution in [0.5, 0.6) is 0 Å². The highest BCUT2D eigenvalue weighted by atomic mass is 79.9. The van der Waals surface area contributed by atoms with Crippen molar-refractivity contribution < 1.29 is 9.53 Å². The minimum atomic E-state index is -0.344. The van der Waals surface area contributed by atoms with Gasteiger partial charge in [-0.05, 0) is 29.8 Å². The summed E-state index contributed by atoms with van der Waals surface area (Å²) in [5, 5.41) is 3.26. The smallest absolute Gasteiger partial charge is 0.337 e. The predicted molar refractivity (Wildman–Crippen MR) is 100 cm³/mol. The fourth-order valence-electron chi connectivity index (χ4n) is 2.46. The summed E-state index contributed by atoms with van der Waals surface area (Å²) in [5.41, 5.74) is 1.57. The number of benzene rings is 1. The van der Waals surface area contributed by atoms with Gasteiger partial charge in [0.25, 0.3) is 0 Å². The van der Waals surface area contributed by atoms with E-state index in [1.54, 1.807) is 30.7 Å². The molecule has 1 atom stereocenters. The van der Waals surface area contributed by atoms with Gasteiger partial charge in [0.15, 0.2) is 0 Å². The Labute approximate surface area is 154 Å². The molecule has 1 N–H and O–H groups in total. The van der Waals surface area contributed by atoms with Crippen LogP contribution in [0.2, 0.25) is 0 Å². The van der Waals surface area contributed by atoms with Crippen LogP contribution in [0.4, 0.5) is 5.82 Å². The maximum absolute atomic E-state index is 11.6. The van der Waals surface area contributed by atoms with Gasteiger partial charge in [-0.25, -0.2) is 9.78 Å². The Kier molecular flexibility index (Phi) is 5.45. The van der Waals surface area contributed by atoms with Gasteiger partial charge < -0.3 is 15.0 Å². The van der Waals surface area contributed by atoms with E-state index in [9.17, 15) is 4.79 Å². The highest BCUT2D eigenvalue weighted by Gasteiger charge is 2.19. The average molecular weight is 401 g/mol. The third-order valence-electron chi connectivity index (χ3n) is 3.72. The number of pyridine rings is 1. The Morgan fingerprint density at radius 2 is 2.12 bits per heavy atom. The minimum absolute atomic E-state index is 0.118. The molecule has 1 unspecified atom stereocenters. The molecule has 1 aliphatic rings. The lowest BCUT2D eigenvalue weighted by Crippen LogP contribution is -2.46. The van der Waals surface area contributed by atoms with Crippen LogP contribution in [0, 0.1) is 0 Å². The number of aliphatic imine (C=N–C) groups is 1. The van der Waals surface area contributed by atoms with Gasteiger partial charge in [-0.2, -0.15) is 0 Å². The summed E-state index contributed by atoms with van der Waals surface area (Å²) in [4.78, 5) is 22.3. The highest BCUT2D eigenvalue weighted by Crippen LogP contribution is 2.21. The molecular weight excluding hydrogens is 384 g/mol. The molecule has 1 aromatic heterocycles. The molecule has 2 heterocycles. The maximum atomic E-state index is 11.6. The van der Waals surface area contributed by atoms with Crippen molar-refractivity contribution in [2.75, 3.05) is 12.0 Å². The van der Waals surface area contributed by atoms with Crippen LogP contribution in [0.25, 0.3) is 0 Å². The van der Waals surface area contributed by atoms with E-state index < -0.39 is 0 Å². The summed E-state index contributed by atoms with van der Waals surface area (Å²) in [7, 11) is 1.37. The molecule has 0 spiro atoms. The van der Waals surface area contributed by atoms with Crippen LogP contribution in [0.3, 0.4) is 0 Å². The number of halogens is 1. The monoisotopic (exact) mass is 400 g/mol. The summed E-state index contributed by atoms with van der Waals surface area (Å²) in [6, 6.07) is 11.2. The largest absolute Gasteiger partial charge is 0.465 e. The third kappa shape index (κ3) is 4.24. The number of carbonyl (C=O) groups is 1. The van der Waals surface area contributed by atoms with Gasteiger partial charge >= 0.3 is 5.97 Å². The van der Waals surface area contributed by atoms with Crippen molar-refractivity contribution in [2.45, 2.75) is 12.7 Å². The van der Waals surface area contributed by atoms with Crippen LogP contribution in [0.1, 0.15) is 15.9 Å². The first-order chi connectivity index (χ1) is 12.2. The van der Waals surface area contributed by atoms with Crippen molar-refractivity contribution in [3.8, 4) is 0 Å². The number of aromatic nitrogens is 1. The second-order valence-electron chi connectivity index (χ2n) is 5.37. The molecule has 0 saturated carbocycles. The van der Waals surface area contributed by atoms with Gasteiger partial charge in [0, 0.05) is 35.8 Å². The summed E-state index contributed by atoms with van der Waals surface area (Å²) in [6.07, 6.45) is 6.96. The highest BCUT2D eigenvalue weighted by molar-refractivity contribution is 9.10. The Balaban J connectivity index is 1.86. The molecule has 1 aromatic carbocycles. The number of esters is 1. The first kappa shape index (κ1) is 17.2. The van der Waals surface area contributed by atoms with Gasteiger partial charge in [0.2, 0.25) is 0 Å². The Morgan fingerprint density at radius 3 is 2.76 bits per heavy atom. The minimum Gasteiger partial charge on any atom is -0.465 e. The lowest BCUT2D eigenvalue weighted by molar-refractivity contribution is 0.0600. The zero-order valence-electron chi connectivity index (χ0n) is 13.6. The van der Waals surface area contributed by atoms with Gasteiger partial charge in [0.1, 0.15) is 12.0 Å². The van der Waals surface area contributed by atoms with Crippen molar-refractivity contribution in [3.05, 3.63) is 70.6 Å². The van der Waals surface area contributed by atoms with Crippen LogP contribution in [0.15, 0.2) is 64.5 Å². The molecule has 3 rings (SSSR count). The van der Waals surface area contributed by atoms with Crippen LogP contribution in [-0.2, 0) is 11.3 Å². The summed E-state index contributed by atoms with van der Waals surface area (Å²) >= 11 is 3.49. The predicted octanol–water partition coefficient (Wildman–Crippen LogP) is 3.11. The molecule has 0 aliphatic carbocycles. The Bertz CT molecular complexity index is 805. The first-order valence-electron chi connectivity index (χ1n) is 7.67. The van der Waals surface area contributed by atoms with Gasteiger partial charge in [-0.3, -0.25) is 4.99 Å². The Morgan fingerprint density at radius 1 is 1.32 bits per heavy atom. The van der Waals surface area contributed by atoms with E-state index in [4.69, 9.17) is 4.74 Å². The van der Waals surface area contributed by atoms with Crippen molar-refractivity contribution >= 4 is 33.9 Å². The number of methoxy groups -OCH3 is 1. The lowest BCUT2D eigenvalue weighted by Gasteiger charge is -2.31. The molecule has 0 radical (unpaired) electrons. The number of hydrogen-bond acceptors (Lipinski definition) is 6. The van der Waals surface area contributed by atoms with Crippen molar-refractivity contribution in [1.29, 1.82) is 0 Å². The van der Waals surface area contributed by atoms with Crippen LogP contribution in [-0.4, -0.2) is 30.4 Å². The fourth-order valence-corrected chi connectivity index (χ4v) is 2.79. The molecule has 0 fully saturated rings. The summed E-state index contributed by atoms with van der Waals surface area (Å²) in [6.45, 7) is 0.600. The maximum Gasteiger partial charge on any atom is 0.337 e. The summed E-state index contributed by atoms with van der Waals surface area (Å²) in [5.74, 6) is 0.467. The standard InChI is InChI=1S/C18H17BrN4O2/c1-25-18(24)14-4-2-13(3-5-14)12-23(17-11-20-8-9-22-17)16-10-15(19)6-7-21-16/h2-11,17,22H,12H2,1H3. The summed E-state index contributed by atoms with van der Waals surface area (Å²) < 4.78 is 5.69. The molecule has 25 heavy (non-hydrogen) atoms. The molecule has 0 saturated heterocycles. The van der Waals surface area contributed by atoms with Crippen molar-refractivity contribution in [3.63, 3.8) is 0 Å². The number of carbonyl (C=O) groups excluding carboxylic acids is 1. The number of nitrogens with one attached hydrogen (secondary N) is 1. The van der Waals surface area contributed by atoms with Crippen molar-refractivity contribution in [2.24, 2.45) is 4.99 Å². The van der Waals surface area contributed by atoms with E-state index in [1.165, 1.54) is 7.11 Å². The normalized spacial score (nSPS) is 15.5. The molecule has 2 aromatic rings. The zero-order chi connectivity index (χ0) is 17.6. The Hall–Kier alpha value is -2.67. The van der Waals surface area contributed by atoms with Gasteiger partial charge in [0.05, 0.1) is 12.7 Å². The number of anilines is 1. The first-order valence-corrected chi connectivity index (χ1v) is 8.46. The third-order valence-corrected chi connectivity index (χ3v) is 4.21. The van der Waals surface area contributed by atoms with E-state index in [0.29, 0.717) is 12.1 Å². The lowest BCUT2D eigenvalue weighted by atomic mass is 10.1. The second kappa shape index (κ2) is 7.94. The molecule has 0 amide bonds. The molecule has 128 valence electrons. The van der Waals surface area contributed by atoms with Crippen LogP contribution < -0.4 is 10.2 Å². The van der Waals surface area contributed by atoms with E-state index in [-0.39, 0.29) is 12.1 Å². The average Bonchev–Trinajstić information content (AvgIpc) is 2.66. The van der Waals surface area contributed by atoms with Crippen molar-refractivity contribution in [1.82, 2.24) is 10.3 Å². The van der Waals surface area contributed by atoms with Crippen LogP contribution >= 0.6 is 15.9 Å². The van der Waals surface area contributed by atoms with Gasteiger partial charge in [-0.15, -0.1) is 0 Å². The zero-order valence-corrected chi connectivity index (χ0v) is 15.2. The SMILES string of the molecule is COC(=O)c1ccc(CN(c2cc(Br)ccn2)C2C=NC=CN2)cc1. The number of rotatable bonds is 5. The van der Waals surface area contributed by atoms with Gasteiger partial charge in [-0.1, -0.05) is 28.1 Å². The molecule has 0 bridgehead atoms. The molecular formula is C18H17BrN4O2. The molecule has 1 aliphatic heterocycles. The van der Waals surface area contributed by atoms with E-state index in [1.807, 2.05) is 30.5 Å². The number of ether oxygens (including phenoxy) is 1. The van der Waals surface area contributed by atoms with E-state index in [0.717, 1.165) is 15.9 Å². The fraction of sp³-hybridized carbons (Fsp3) is 0.167. The molecule has 6 nitrogen and oxygen atoms in total.